The van der Waals surface area contributed by atoms with Gasteiger partial charge in [-0.15, -0.1) is 6.42 Å². The minimum Gasteiger partial charge on any atom is -0.314 e. The molecule has 0 aromatic rings. The Hall–Kier alpha value is -0.520. The highest BCUT2D eigenvalue weighted by Gasteiger charge is 2.35. The SMILES string of the molecule is C#CC(CCC)NC1CCCC1C1CCCN1. The fourth-order valence-corrected chi connectivity index (χ4v) is 3.52. The van der Waals surface area contributed by atoms with Gasteiger partial charge in [-0.2, -0.15) is 0 Å². The van der Waals surface area contributed by atoms with Crippen molar-refractivity contribution < 1.29 is 0 Å². The summed E-state index contributed by atoms with van der Waals surface area (Å²) in [5, 5.41) is 7.38. The van der Waals surface area contributed by atoms with E-state index in [-0.39, 0.29) is 6.04 Å². The van der Waals surface area contributed by atoms with Gasteiger partial charge in [0, 0.05) is 12.1 Å². The van der Waals surface area contributed by atoms with Crippen LogP contribution in [-0.2, 0) is 0 Å². The quantitative estimate of drug-likeness (QED) is 0.713. The van der Waals surface area contributed by atoms with Crippen molar-refractivity contribution in [1.29, 1.82) is 0 Å². The zero-order valence-corrected chi connectivity index (χ0v) is 11.0. The Morgan fingerprint density at radius 1 is 1.35 bits per heavy atom. The van der Waals surface area contributed by atoms with Crippen LogP contribution in [0.1, 0.15) is 51.9 Å². The molecule has 4 unspecified atom stereocenters. The van der Waals surface area contributed by atoms with Crippen LogP contribution in [0.15, 0.2) is 0 Å². The van der Waals surface area contributed by atoms with Crippen LogP contribution in [0.25, 0.3) is 0 Å². The van der Waals surface area contributed by atoms with Gasteiger partial charge in [-0.25, -0.2) is 0 Å². The monoisotopic (exact) mass is 234 g/mol. The predicted molar refractivity (Wildman–Crippen MR) is 72.8 cm³/mol. The molecular weight excluding hydrogens is 208 g/mol. The van der Waals surface area contributed by atoms with E-state index in [1.54, 1.807) is 0 Å². The summed E-state index contributed by atoms with van der Waals surface area (Å²) in [4.78, 5) is 0. The first kappa shape index (κ1) is 12.9. The highest BCUT2D eigenvalue weighted by molar-refractivity contribution is 5.02. The van der Waals surface area contributed by atoms with E-state index in [2.05, 4.69) is 23.5 Å². The molecule has 0 bridgehead atoms. The molecule has 0 amide bonds. The third-order valence-electron chi connectivity index (χ3n) is 4.38. The fourth-order valence-electron chi connectivity index (χ4n) is 3.52. The Bertz CT molecular complexity index is 263. The second kappa shape index (κ2) is 6.42. The summed E-state index contributed by atoms with van der Waals surface area (Å²) >= 11 is 0. The molecule has 0 aromatic carbocycles. The molecule has 2 aliphatic rings. The van der Waals surface area contributed by atoms with Gasteiger partial charge in [0.2, 0.25) is 0 Å². The molecule has 1 saturated carbocycles. The van der Waals surface area contributed by atoms with Gasteiger partial charge in [-0.05, 0) is 44.6 Å². The molecule has 0 aromatic heterocycles. The predicted octanol–water partition coefficient (Wildman–Crippen LogP) is 2.30. The van der Waals surface area contributed by atoms with Gasteiger partial charge in [0.1, 0.15) is 0 Å². The van der Waals surface area contributed by atoms with Crippen LogP contribution < -0.4 is 10.6 Å². The molecule has 96 valence electrons. The van der Waals surface area contributed by atoms with Crippen molar-refractivity contribution in [3.05, 3.63) is 0 Å². The van der Waals surface area contributed by atoms with Crippen LogP contribution in [0.5, 0.6) is 0 Å². The normalized spacial score (nSPS) is 34.7. The molecule has 2 nitrogen and oxygen atoms in total. The van der Waals surface area contributed by atoms with E-state index in [1.165, 1.54) is 45.1 Å². The standard InChI is InChI=1S/C15H26N2/c1-3-7-12(4-2)17-15-9-5-8-13(15)14-10-6-11-16-14/h2,12-17H,3,5-11H2,1H3. The summed E-state index contributed by atoms with van der Waals surface area (Å²) in [6, 6.07) is 1.68. The van der Waals surface area contributed by atoms with Gasteiger partial charge in [0.25, 0.3) is 0 Å². The number of terminal acetylenes is 1. The Labute approximate surface area is 106 Å². The second-order valence-electron chi connectivity index (χ2n) is 5.58. The van der Waals surface area contributed by atoms with Gasteiger partial charge < -0.3 is 10.6 Å². The molecular formula is C15H26N2. The van der Waals surface area contributed by atoms with E-state index in [9.17, 15) is 0 Å². The summed E-state index contributed by atoms with van der Waals surface area (Å²) in [5.74, 6) is 3.72. The zero-order valence-electron chi connectivity index (χ0n) is 11.0. The third kappa shape index (κ3) is 3.24. The number of hydrogen-bond acceptors (Lipinski definition) is 2. The number of rotatable bonds is 5. The second-order valence-corrected chi connectivity index (χ2v) is 5.58. The van der Waals surface area contributed by atoms with E-state index in [0.717, 1.165) is 18.4 Å². The molecule has 4 atom stereocenters. The van der Waals surface area contributed by atoms with Crippen molar-refractivity contribution in [2.45, 2.75) is 70.0 Å². The lowest BCUT2D eigenvalue weighted by Crippen LogP contribution is -2.45. The molecule has 17 heavy (non-hydrogen) atoms. The molecule has 1 aliphatic carbocycles. The van der Waals surface area contributed by atoms with E-state index < -0.39 is 0 Å². The minimum atomic E-state index is 0.284. The van der Waals surface area contributed by atoms with Crippen LogP contribution in [0, 0.1) is 18.3 Å². The van der Waals surface area contributed by atoms with Gasteiger partial charge in [0.15, 0.2) is 0 Å². The Balaban J connectivity index is 1.88. The Morgan fingerprint density at radius 2 is 2.24 bits per heavy atom. The maximum absolute atomic E-state index is 5.61. The molecule has 2 N–H and O–H groups in total. The average molecular weight is 234 g/mol. The Morgan fingerprint density at radius 3 is 2.88 bits per heavy atom. The van der Waals surface area contributed by atoms with E-state index >= 15 is 0 Å². The molecule has 2 fully saturated rings. The zero-order chi connectivity index (χ0) is 12.1. The highest BCUT2D eigenvalue weighted by atomic mass is 15.0. The lowest BCUT2D eigenvalue weighted by molar-refractivity contribution is 0.307. The van der Waals surface area contributed by atoms with Gasteiger partial charge in [-0.3, -0.25) is 0 Å². The number of nitrogens with one attached hydrogen (secondary N) is 2. The first-order valence-corrected chi connectivity index (χ1v) is 7.30. The maximum atomic E-state index is 5.61. The highest BCUT2D eigenvalue weighted by Crippen LogP contribution is 2.32. The summed E-state index contributed by atoms with van der Waals surface area (Å²) in [7, 11) is 0. The van der Waals surface area contributed by atoms with Crippen LogP contribution >= 0.6 is 0 Å². The molecule has 0 radical (unpaired) electrons. The first-order chi connectivity index (χ1) is 8.35. The van der Waals surface area contributed by atoms with Crippen LogP contribution in [-0.4, -0.2) is 24.7 Å². The van der Waals surface area contributed by atoms with Gasteiger partial charge >= 0.3 is 0 Å². The van der Waals surface area contributed by atoms with Crippen molar-refractivity contribution >= 4 is 0 Å². The summed E-state index contributed by atoms with van der Waals surface area (Å²) in [6.07, 6.45) is 14.6. The molecule has 1 saturated heterocycles. The van der Waals surface area contributed by atoms with Crippen LogP contribution in [0.3, 0.4) is 0 Å². The fraction of sp³-hybridized carbons (Fsp3) is 0.867. The lowest BCUT2D eigenvalue weighted by Gasteiger charge is -2.28. The molecule has 1 heterocycles. The van der Waals surface area contributed by atoms with E-state index in [0.29, 0.717) is 6.04 Å². The van der Waals surface area contributed by atoms with Crippen molar-refractivity contribution in [2.75, 3.05) is 6.54 Å². The van der Waals surface area contributed by atoms with E-state index in [1.807, 2.05) is 0 Å². The van der Waals surface area contributed by atoms with Crippen molar-refractivity contribution in [1.82, 2.24) is 10.6 Å². The maximum Gasteiger partial charge on any atom is 0.0689 e. The summed E-state index contributed by atoms with van der Waals surface area (Å²) in [6.45, 7) is 3.41. The number of hydrogen-bond donors (Lipinski definition) is 2. The van der Waals surface area contributed by atoms with Crippen molar-refractivity contribution in [3.63, 3.8) is 0 Å². The molecule has 1 aliphatic heterocycles. The summed E-state index contributed by atoms with van der Waals surface area (Å²) in [5.41, 5.74) is 0. The van der Waals surface area contributed by atoms with Gasteiger partial charge in [-0.1, -0.05) is 25.7 Å². The molecule has 2 rings (SSSR count). The topological polar surface area (TPSA) is 24.1 Å². The first-order valence-electron chi connectivity index (χ1n) is 7.30. The van der Waals surface area contributed by atoms with Crippen LogP contribution in [0.4, 0.5) is 0 Å². The minimum absolute atomic E-state index is 0.284. The van der Waals surface area contributed by atoms with Crippen LogP contribution in [0.2, 0.25) is 0 Å². The molecule has 0 spiro atoms. The Kier molecular flexibility index (Phi) is 4.88. The largest absolute Gasteiger partial charge is 0.314 e. The van der Waals surface area contributed by atoms with Crippen molar-refractivity contribution in [2.24, 2.45) is 5.92 Å². The van der Waals surface area contributed by atoms with Gasteiger partial charge in [0.05, 0.1) is 6.04 Å². The lowest BCUT2D eigenvalue weighted by atomic mass is 9.92. The van der Waals surface area contributed by atoms with Crippen molar-refractivity contribution in [3.8, 4) is 12.3 Å². The summed E-state index contributed by atoms with van der Waals surface area (Å²) < 4.78 is 0. The third-order valence-corrected chi connectivity index (χ3v) is 4.38. The molecule has 2 heteroatoms. The average Bonchev–Trinajstić information content (AvgIpc) is 2.98. The smallest absolute Gasteiger partial charge is 0.0689 e. The van der Waals surface area contributed by atoms with E-state index in [4.69, 9.17) is 6.42 Å².